The first-order valence-corrected chi connectivity index (χ1v) is 25.9. The third-order valence-corrected chi connectivity index (χ3v) is 14.7. The highest BCUT2D eigenvalue weighted by Gasteiger charge is 2.47. The van der Waals surface area contributed by atoms with Gasteiger partial charge in [-0.15, -0.1) is 0 Å². The Hall–Kier alpha value is -6.74. The van der Waals surface area contributed by atoms with Crippen LogP contribution in [0.5, 0.6) is 11.5 Å². The van der Waals surface area contributed by atoms with E-state index in [0.29, 0.717) is 37.3 Å². The molecule has 21 heteroatoms. The largest absolute Gasteiger partial charge is 0.497 e. The van der Waals surface area contributed by atoms with Crippen LogP contribution in [0.15, 0.2) is 141 Å². The minimum atomic E-state index is -4.47. The van der Waals surface area contributed by atoms with Crippen molar-refractivity contribution < 1.29 is 46.8 Å². The van der Waals surface area contributed by atoms with E-state index >= 15 is 4.57 Å². The molecule has 5 N–H and O–H groups in total. The van der Waals surface area contributed by atoms with Crippen molar-refractivity contribution in [2.24, 2.45) is 5.73 Å². The summed E-state index contributed by atoms with van der Waals surface area (Å²) in [5, 5.41) is 3.00. The number of esters is 1. The molecule has 20 nitrogen and oxygen atoms in total. The van der Waals surface area contributed by atoms with E-state index in [2.05, 4.69) is 15.1 Å². The number of hydrogen-bond donors (Lipinski definition) is 4. The Labute approximate surface area is 426 Å². The van der Waals surface area contributed by atoms with Gasteiger partial charge in [0.15, 0.2) is 0 Å². The van der Waals surface area contributed by atoms with Crippen LogP contribution in [-0.4, -0.2) is 90.0 Å². The van der Waals surface area contributed by atoms with Gasteiger partial charge in [-0.1, -0.05) is 79.2 Å². The second-order valence-electron chi connectivity index (χ2n) is 18.0. The van der Waals surface area contributed by atoms with E-state index in [0.717, 1.165) is 16.7 Å². The minimum Gasteiger partial charge on any atom is -0.497 e. The van der Waals surface area contributed by atoms with Gasteiger partial charge in [0, 0.05) is 42.9 Å². The van der Waals surface area contributed by atoms with Crippen LogP contribution < -0.4 is 42.8 Å². The Morgan fingerprint density at radius 1 is 0.689 bits per heavy atom. The highest BCUT2D eigenvalue weighted by Crippen LogP contribution is 2.50. The number of H-pyrrole nitrogens is 2. The van der Waals surface area contributed by atoms with E-state index in [4.69, 9.17) is 43.2 Å². The summed E-state index contributed by atoms with van der Waals surface area (Å²) in [6.45, 7) is 3.01. The smallest absolute Gasteiger partial charge is 0.405 e. The molecule has 2 saturated heterocycles. The summed E-state index contributed by atoms with van der Waals surface area (Å²) in [4.78, 5) is 69.6. The number of nitrogens with zero attached hydrogens (tertiary/aromatic N) is 2. The first-order valence-electron chi connectivity index (χ1n) is 24.3. The normalized spacial score (nSPS) is 20.5. The molecule has 4 aromatic carbocycles. The fourth-order valence-corrected chi connectivity index (χ4v) is 10.6. The van der Waals surface area contributed by atoms with Crippen LogP contribution >= 0.6 is 7.75 Å². The van der Waals surface area contributed by atoms with Crippen molar-refractivity contribution in [1.29, 1.82) is 0 Å². The van der Waals surface area contributed by atoms with Gasteiger partial charge in [0.25, 0.3) is 11.1 Å². The van der Waals surface area contributed by atoms with Crippen LogP contribution in [0.2, 0.25) is 0 Å². The number of nitrogens with two attached hydrogens (primary N) is 1. The number of aromatic amines is 2. The number of hydrogen-bond acceptors (Lipinski definition) is 15. The lowest BCUT2D eigenvalue weighted by Crippen LogP contribution is -2.39. The Morgan fingerprint density at radius 2 is 1.19 bits per heavy atom. The second-order valence-corrected chi connectivity index (χ2v) is 19.8. The Bertz CT molecular complexity index is 3080. The van der Waals surface area contributed by atoms with Crippen molar-refractivity contribution in [1.82, 2.24) is 24.2 Å². The van der Waals surface area contributed by atoms with E-state index in [1.54, 1.807) is 51.5 Å². The van der Waals surface area contributed by atoms with Gasteiger partial charge in [0.05, 0.1) is 33.0 Å². The molecule has 392 valence electrons. The molecule has 2 fully saturated rings. The molecule has 0 unspecified atom stereocenters. The average Bonchev–Trinajstić information content (AvgIpc) is 4.01. The molecule has 6 aromatic rings. The standard InChI is InChI=1S/C53H61N6O14P/c1-34-30-58(51(63)56-48(34)60)46-28-42(72-50(62)36-14-8-5-9-15-36)45(71-46)33-69-74(65,55-27-13-7-12-26-54)73-43-29-47(59-31-35(2)49(61)57-52(59)64)70-44(43)32-68-53(37-16-10-6-11-17-37,38-18-22-40(66-3)23-19-38)39-20-24-41(67-4)25-21-39/h5-6,8-11,14-25,30-31,42-47H,7,12-13,26-29,32-33,54H2,1-4H3,(H,55,65)(H,56,60,63)(H,57,61,64)/t42-,43-,44+,45+,46+,47+,74+/m0/s1. The molecule has 2 aliphatic heterocycles. The molecular formula is C53H61N6O14P. The van der Waals surface area contributed by atoms with E-state index < -0.39 is 85.3 Å². The van der Waals surface area contributed by atoms with Crippen molar-refractivity contribution >= 4 is 13.7 Å². The summed E-state index contributed by atoms with van der Waals surface area (Å²) in [7, 11) is -1.32. The van der Waals surface area contributed by atoms with Crippen molar-refractivity contribution in [2.45, 2.75) is 88.4 Å². The SMILES string of the molecule is COc1ccc(C(OC[C@H]2O[C@@H](n3cc(C)c(=O)[nH]c3=O)C[C@@H]2O[P@@](=O)(NCCCCCN)OC[C@H]2O[C@@H](n3cc(C)c(=O)[nH]c3=O)C[C@@H]2OC(=O)c2ccccc2)(c2ccccc2)c2ccc(OC)cc2)cc1. The van der Waals surface area contributed by atoms with Gasteiger partial charge in [-0.05, 0) is 86.3 Å². The average molecular weight is 1040 g/mol. The lowest BCUT2D eigenvalue weighted by Gasteiger charge is -2.37. The Morgan fingerprint density at radius 3 is 1.72 bits per heavy atom. The van der Waals surface area contributed by atoms with Crippen LogP contribution in [0.4, 0.5) is 0 Å². The lowest BCUT2D eigenvalue weighted by molar-refractivity contribution is -0.0937. The summed E-state index contributed by atoms with van der Waals surface area (Å²) < 4.78 is 68.2. The van der Waals surface area contributed by atoms with Crippen molar-refractivity contribution in [3.8, 4) is 11.5 Å². The number of rotatable bonds is 23. The predicted molar refractivity (Wildman–Crippen MR) is 272 cm³/mol. The maximum Gasteiger partial charge on any atom is 0.405 e. The summed E-state index contributed by atoms with van der Waals surface area (Å²) in [5.41, 5.74) is 4.79. The van der Waals surface area contributed by atoms with Gasteiger partial charge >= 0.3 is 25.1 Å². The number of aromatic nitrogens is 4. The van der Waals surface area contributed by atoms with Crippen molar-refractivity contribution in [2.75, 3.05) is 40.5 Å². The second kappa shape index (κ2) is 24.1. The first-order chi connectivity index (χ1) is 35.7. The molecule has 7 atom stereocenters. The van der Waals surface area contributed by atoms with E-state index in [-0.39, 0.29) is 42.7 Å². The summed E-state index contributed by atoms with van der Waals surface area (Å²) in [5.74, 6) is 0.565. The van der Waals surface area contributed by atoms with Crippen molar-refractivity contribution in [3.05, 3.63) is 197 Å². The molecule has 2 aromatic heterocycles. The van der Waals surface area contributed by atoms with Crippen LogP contribution in [0.1, 0.15) is 82.7 Å². The Kier molecular flexibility index (Phi) is 17.4. The number of unbranched alkanes of at least 4 members (excludes halogenated alkanes) is 2. The maximum absolute atomic E-state index is 15.5. The van der Waals surface area contributed by atoms with Gasteiger partial charge in [0.2, 0.25) is 0 Å². The van der Waals surface area contributed by atoms with Gasteiger partial charge in [0.1, 0.15) is 54.0 Å². The van der Waals surface area contributed by atoms with Crippen LogP contribution in [0.25, 0.3) is 0 Å². The fourth-order valence-electron chi connectivity index (χ4n) is 9.06. The van der Waals surface area contributed by atoms with Crippen molar-refractivity contribution in [3.63, 3.8) is 0 Å². The third-order valence-electron chi connectivity index (χ3n) is 13.0. The van der Waals surface area contributed by atoms with E-state index in [1.807, 2.05) is 78.9 Å². The molecule has 0 spiro atoms. The molecule has 0 radical (unpaired) electrons. The number of methoxy groups -OCH3 is 2. The van der Waals surface area contributed by atoms with Crippen LogP contribution in [0, 0.1) is 13.8 Å². The number of benzene rings is 4. The summed E-state index contributed by atoms with van der Waals surface area (Å²) >= 11 is 0. The van der Waals surface area contributed by atoms with Crippen LogP contribution in [-0.2, 0) is 38.2 Å². The van der Waals surface area contributed by atoms with Gasteiger partial charge < -0.3 is 34.2 Å². The highest BCUT2D eigenvalue weighted by atomic mass is 31.2. The Balaban J connectivity index is 1.15. The van der Waals surface area contributed by atoms with Crippen LogP contribution in [0.3, 0.4) is 0 Å². The molecule has 2 aliphatic rings. The topological polar surface area (TPSA) is 256 Å². The zero-order valence-electron chi connectivity index (χ0n) is 41.5. The quantitative estimate of drug-likeness (QED) is 0.0258. The first kappa shape index (κ1) is 53.5. The zero-order valence-corrected chi connectivity index (χ0v) is 42.4. The van der Waals surface area contributed by atoms with Gasteiger partial charge in [-0.2, -0.15) is 0 Å². The predicted octanol–water partition coefficient (Wildman–Crippen LogP) is 5.76. The minimum absolute atomic E-state index is 0.0356. The molecule has 0 aliphatic carbocycles. The molecule has 4 heterocycles. The maximum atomic E-state index is 15.5. The number of carbonyl (C=O) groups is 1. The van der Waals surface area contributed by atoms with Gasteiger partial charge in [-0.3, -0.25) is 37.7 Å². The fraction of sp³-hybridized carbons (Fsp3) is 0.377. The molecule has 8 rings (SSSR count). The summed E-state index contributed by atoms with van der Waals surface area (Å²) in [6, 6.07) is 32.8. The molecule has 0 saturated carbocycles. The molecule has 0 bridgehead atoms. The zero-order chi connectivity index (χ0) is 52.4. The lowest BCUT2D eigenvalue weighted by atomic mass is 9.80. The summed E-state index contributed by atoms with van der Waals surface area (Å²) in [6.07, 6.45) is -1.84. The number of nitrogens with one attached hydrogen (secondary N) is 3. The third kappa shape index (κ3) is 12.3. The van der Waals surface area contributed by atoms with E-state index in [1.165, 1.54) is 28.5 Å². The number of ether oxygens (including phenoxy) is 6. The molecule has 0 amide bonds. The molecule has 74 heavy (non-hydrogen) atoms. The monoisotopic (exact) mass is 1040 g/mol. The number of aryl methyl sites for hydroxylation is 2. The number of carbonyl (C=O) groups excluding carboxylic acids is 1. The van der Waals surface area contributed by atoms with Gasteiger partial charge in [-0.25, -0.2) is 24.0 Å². The van der Waals surface area contributed by atoms with E-state index in [9.17, 15) is 24.0 Å². The molecular weight excluding hydrogens is 976 g/mol. The highest BCUT2D eigenvalue weighted by molar-refractivity contribution is 7.51.